The summed E-state index contributed by atoms with van der Waals surface area (Å²) in [4.78, 5) is 0. The molecular formula is C13H13BrFN. The maximum atomic E-state index is 13.1. The molecule has 0 radical (unpaired) electrons. The fraction of sp³-hybridized carbons (Fsp3) is 0.385. The van der Waals surface area contributed by atoms with E-state index in [0.717, 1.165) is 11.6 Å². The molecule has 1 saturated carbocycles. The first-order valence-electron chi connectivity index (χ1n) is 5.62. The largest absolute Gasteiger partial charge is 0.382 e. The average molecular weight is 282 g/mol. The van der Waals surface area contributed by atoms with Gasteiger partial charge in [-0.3, -0.25) is 0 Å². The quantitative estimate of drug-likeness (QED) is 0.809. The Labute approximate surface area is 103 Å². The van der Waals surface area contributed by atoms with Gasteiger partial charge in [-0.1, -0.05) is 12.2 Å². The number of anilines is 1. The maximum absolute atomic E-state index is 13.1. The molecule has 0 spiro atoms. The van der Waals surface area contributed by atoms with Gasteiger partial charge in [0.05, 0.1) is 4.47 Å². The zero-order valence-corrected chi connectivity index (χ0v) is 10.4. The van der Waals surface area contributed by atoms with Gasteiger partial charge in [0, 0.05) is 17.6 Å². The van der Waals surface area contributed by atoms with E-state index in [1.54, 1.807) is 12.1 Å². The second-order valence-corrected chi connectivity index (χ2v) is 5.47. The van der Waals surface area contributed by atoms with E-state index in [1.807, 2.05) is 0 Å². The lowest BCUT2D eigenvalue weighted by molar-refractivity contribution is 0.218. The smallest absolute Gasteiger partial charge is 0.137 e. The normalized spacial score (nSPS) is 31.0. The van der Waals surface area contributed by atoms with Crippen LogP contribution >= 0.6 is 15.9 Å². The molecule has 0 saturated heterocycles. The maximum Gasteiger partial charge on any atom is 0.137 e. The third-order valence-corrected chi connectivity index (χ3v) is 4.24. The molecule has 1 aromatic carbocycles. The standard InChI is InChI=1S/C13H13BrFN/c14-11-7-9(4-5-12(11)15)16-13-6-8-2-1-3-10(8)13/h1,3-5,7-8,10,13,16H,2,6H2. The Morgan fingerprint density at radius 1 is 1.38 bits per heavy atom. The molecule has 1 N–H and O–H groups in total. The summed E-state index contributed by atoms with van der Waals surface area (Å²) in [5.41, 5.74) is 0.997. The van der Waals surface area contributed by atoms with E-state index in [0.29, 0.717) is 16.4 Å². The number of hydrogen-bond acceptors (Lipinski definition) is 1. The van der Waals surface area contributed by atoms with Gasteiger partial charge in [-0.05, 0) is 52.9 Å². The summed E-state index contributed by atoms with van der Waals surface area (Å²) in [6, 6.07) is 5.63. The molecule has 0 amide bonds. The number of rotatable bonds is 2. The van der Waals surface area contributed by atoms with Crippen molar-refractivity contribution in [1.82, 2.24) is 0 Å². The Balaban J connectivity index is 1.70. The number of allylic oxidation sites excluding steroid dienone is 1. The van der Waals surface area contributed by atoms with Crippen LogP contribution in [0.3, 0.4) is 0 Å². The van der Waals surface area contributed by atoms with Crippen molar-refractivity contribution in [2.24, 2.45) is 11.8 Å². The summed E-state index contributed by atoms with van der Waals surface area (Å²) >= 11 is 3.20. The lowest BCUT2D eigenvalue weighted by Gasteiger charge is -2.41. The summed E-state index contributed by atoms with van der Waals surface area (Å²) < 4.78 is 13.6. The van der Waals surface area contributed by atoms with Gasteiger partial charge < -0.3 is 5.32 Å². The zero-order valence-electron chi connectivity index (χ0n) is 8.79. The molecule has 3 heteroatoms. The zero-order chi connectivity index (χ0) is 11.1. The van der Waals surface area contributed by atoms with Crippen molar-refractivity contribution in [1.29, 1.82) is 0 Å². The Morgan fingerprint density at radius 3 is 3.00 bits per heavy atom. The van der Waals surface area contributed by atoms with Crippen LogP contribution in [-0.2, 0) is 0 Å². The molecule has 84 valence electrons. The molecular weight excluding hydrogens is 269 g/mol. The lowest BCUT2D eigenvalue weighted by Crippen LogP contribution is -2.43. The Morgan fingerprint density at radius 2 is 2.25 bits per heavy atom. The van der Waals surface area contributed by atoms with Crippen LogP contribution in [0.1, 0.15) is 12.8 Å². The van der Waals surface area contributed by atoms with Crippen molar-refractivity contribution in [3.8, 4) is 0 Å². The van der Waals surface area contributed by atoms with E-state index >= 15 is 0 Å². The van der Waals surface area contributed by atoms with E-state index in [4.69, 9.17) is 0 Å². The molecule has 0 bridgehead atoms. The van der Waals surface area contributed by atoms with Crippen LogP contribution in [0, 0.1) is 17.7 Å². The minimum absolute atomic E-state index is 0.210. The summed E-state index contributed by atoms with van der Waals surface area (Å²) in [5, 5.41) is 3.47. The fourth-order valence-corrected chi connectivity index (χ4v) is 3.06. The third kappa shape index (κ3) is 1.67. The fourth-order valence-electron chi connectivity index (χ4n) is 2.68. The molecule has 0 heterocycles. The number of fused-ring (bicyclic) bond motifs is 1. The molecule has 3 atom stereocenters. The van der Waals surface area contributed by atoms with Crippen LogP contribution in [0.5, 0.6) is 0 Å². The number of benzene rings is 1. The topological polar surface area (TPSA) is 12.0 Å². The molecule has 1 nitrogen and oxygen atoms in total. The molecule has 0 aliphatic heterocycles. The Bertz CT molecular complexity index is 444. The predicted octanol–water partition coefficient (Wildman–Crippen LogP) is 3.96. The summed E-state index contributed by atoms with van der Waals surface area (Å²) in [6.07, 6.45) is 7.05. The SMILES string of the molecule is Fc1ccc(NC2CC3CC=CC32)cc1Br. The monoisotopic (exact) mass is 281 g/mol. The first-order chi connectivity index (χ1) is 7.74. The van der Waals surface area contributed by atoms with Gasteiger partial charge in [0.2, 0.25) is 0 Å². The van der Waals surface area contributed by atoms with Crippen molar-refractivity contribution in [2.75, 3.05) is 5.32 Å². The number of halogens is 2. The first kappa shape index (κ1) is 10.3. The van der Waals surface area contributed by atoms with Crippen LogP contribution in [-0.4, -0.2) is 6.04 Å². The Kier molecular flexibility index (Phi) is 2.51. The van der Waals surface area contributed by atoms with Gasteiger partial charge in [0.15, 0.2) is 0 Å². The summed E-state index contributed by atoms with van der Waals surface area (Å²) in [7, 11) is 0. The highest BCUT2D eigenvalue weighted by Gasteiger charge is 2.40. The van der Waals surface area contributed by atoms with Gasteiger partial charge in [-0.2, -0.15) is 0 Å². The van der Waals surface area contributed by atoms with Gasteiger partial charge in [0.1, 0.15) is 5.82 Å². The van der Waals surface area contributed by atoms with Gasteiger partial charge in [-0.15, -0.1) is 0 Å². The molecule has 3 rings (SSSR count). The molecule has 2 aliphatic carbocycles. The average Bonchev–Trinajstić information content (AvgIpc) is 2.61. The second-order valence-electron chi connectivity index (χ2n) is 4.62. The molecule has 16 heavy (non-hydrogen) atoms. The van der Waals surface area contributed by atoms with E-state index in [2.05, 4.69) is 33.4 Å². The molecule has 1 aromatic rings. The predicted molar refractivity (Wildman–Crippen MR) is 66.9 cm³/mol. The Hall–Kier alpha value is -0.830. The molecule has 1 fully saturated rings. The van der Waals surface area contributed by atoms with Gasteiger partial charge in [0.25, 0.3) is 0 Å². The number of nitrogens with one attached hydrogen (secondary N) is 1. The van der Waals surface area contributed by atoms with Gasteiger partial charge >= 0.3 is 0 Å². The second kappa shape index (κ2) is 3.88. The highest BCUT2D eigenvalue weighted by molar-refractivity contribution is 9.10. The van der Waals surface area contributed by atoms with E-state index in [-0.39, 0.29) is 5.82 Å². The molecule has 2 aliphatic rings. The highest BCUT2D eigenvalue weighted by atomic mass is 79.9. The number of hydrogen-bond donors (Lipinski definition) is 1. The first-order valence-corrected chi connectivity index (χ1v) is 6.41. The molecule has 3 unspecified atom stereocenters. The van der Waals surface area contributed by atoms with Crippen LogP contribution < -0.4 is 5.32 Å². The van der Waals surface area contributed by atoms with Crippen molar-refractivity contribution >= 4 is 21.6 Å². The van der Waals surface area contributed by atoms with Crippen molar-refractivity contribution in [3.05, 3.63) is 40.6 Å². The van der Waals surface area contributed by atoms with E-state index < -0.39 is 0 Å². The minimum atomic E-state index is -0.210. The molecule has 0 aromatic heterocycles. The van der Waals surface area contributed by atoms with Gasteiger partial charge in [-0.25, -0.2) is 4.39 Å². The highest BCUT2D eigenvalue weighted by Crippen LogP contribution is 2.44. The van der Waals surface area contributed by atoms with Crippen LogP contribution in [0.25, 0.3) is 0 Å². The van der Waals surface area contributed by atoms with Crippen LogP contribution in [0.15, 0.2) is 34.8 Å². The summed E-state index contributed by atoms with van der Waals surface area (Å²) in [6.45, 7) is 0. The van der Waals surface area contributed by atoms with Crippen LogP contribution in [0.2, 0.25) is 0 Å². The van der Waals surface area contributed by atoms with E-state index in [9.17, 15) is 4.39 Å². The third-order valence-electron chi connectivity index (χ3n) is 3.63. The lowest BCUT2D eigenvalue weighted by atomic mass is 9.71. The minimum Gasteiger partial charge on any atom is -0.382 e. The van der Waals surface area contributed by atoms with Crippen LogP contribution in [0.4, 0.5) is 10.1 Å². The summed E-state index contributed by atoms with van der Waals surface area (Å²) in [5.74, 6) is 1.32. The van der Waals surface area contributed by atoms with E-state index in [1.165, 1.54) is 18.9 Å². The van der Waals surface area contributed by atoms with Crippen molar-refractivity contribution < 1.29 is 4.39 Å². The van der Waals surface area contributed by atoms with Crippen molar-refractivity contribution in [3.63, 3.8) is 0 Å². The van der Waals surface area contributed by atoms with Crippen molar-refractivity contribution in [2.45, 2.75) is 18.9 Å².